The van der Waals surface area contributed by atoms with E-state index < -0.39 is 4.92 Å². The molecule has 5 heteroatoms. The minimum absolute atomic E-state index is 0.0375. The summed E-state index contributed by atoms with van der Waals surface area (Å²) in [4.78, 5) is 10.2. The third kappa shape index (κ3) is 3.64. The van der Waals surface area contributed by atoms with Crippen LogP contribution in [0.4, 0.5) is 11.4 Å². The number of hydrazone groups is 1. The van der Waals surface area contributed by atoms with Gasteiger partial charge in [0.05, 0.1) is 16.8 Å². The summed E-state index contributed by atoms with van der Waals surface area (Å²) in [5.74, 6) is 0. The quantitative estimate of drug-likeness (QED) is 0.517. The van der Waals surface area contributed by atoms with E-state index in [2.05, 4.69) is 10.5 Å². The Kier molecular flexibility index (Phi) is 3.87. The number of non-ortho nitro benzene ring substituents is 1. The van der Waals surface area contributed by atoms with E-state index >= 15 is 0 Å². The maximum atomic E-state index is 10.6. The molecular formula is C14H13N3O2. The van der Waals surface area contributed by atoms with Gasteiger partial charge in [0.15, 0.2) is 0 Å². The molecule has 0 aliphatic carbocycles. The molecule has 0 aliphatic rings. The van der Waals surface area contributed by atoms with Crippen LogP contribution in [0.2, 0.25) is 0 Å². The minimum Gasteiger partial charge on any atom is -0.278 e. The zero-order chi connectivity index (χ0) is 13.7. The van der Waals surface area contributed by atoms with Gasteiger partial charge in [-0.25, -0.2) is 0 Å². The van der Waals surface area contributed by atoms with Gasteiger partial charge >= 0.3 is 0 Å². The van der Waals surface area contributed by atoms with Gasteiger partial charge in [-0.2, -0.15) is 5.10 Å². The Hall–Kier alpha value is -2.69. The lowest BCUT2D eigenvalue weighted by Crippen LogP contribution is -1.93. The van der Waals surface area contributed by atoms with Crippen molar-refractivity contribution in [3.63, 3.8) is 0 Å². The lowest BCUT2D eigenvalue weighted by Gasteiger charge is -1.99. The zero-order valence-electron chi connectivity index (χ0n) is 10.4. The van der Waals surface area contributed by atoms with E-state index in [0.29, 0.717) is 5.69 Å². The molecule has 96 valence electrons. The summed E-state index contributed by atoms with van der Waals surface area (Å²) in [6.45, 7) is 2.02. The summed E-state index contributed by atoms with van der Waals surface area (Å²) in [5, 5.41) is 14.7. The van der Waals surface area contributed by atoms with Gasteiger partial charge in [0.2, 0.25) is 0 Å². The highest BCUT2D eigenvalue weighted by atomic mass is 16.6. The second kappa shape index (κ2) is 5.77. The molecule has 19 heavy (non-hydrogen) atoms. The first-order valence-electron chi connectivity index (χ1n) is 5.75. The Balaban J connectivity index is 2.04. The molecular weight excluding hydrogens is 242 g/mol. The molecule has 2 rings (SSSR count). The number of nitro benzene ring substituents is 1. The standard InChI is InChI=1S/C14H13N3O2/c1-11-5-7-12(8-6-11)10-15-16-13-3-2-4-14(9-13)17(18)19/h2-10,16H,1H3. The highest BCUT2D eigenvalue weighted by Gasteiger charge is 2.04. The molecule has 2 aromatic rings. The first-order valence-corrected chi connectivity index (χ1v) is 5.75. The van der Waals surface area contributed by atoms with Crippen LogP contribution in [0.3, 0.4) is 0 Å². The van der Waals surface area contributed by atoms with Crippen LogP contribution in [-0.4, -0.2) is 11.1 Å². The third-order valence-electron chi connectivity index (χ3n) is 2.54. The molecule has 0 heterocycles. The van der Waals surface area contributed by atoms with E-state index in [1.807, 2.05) is 31.2 Å². The monoisotopic (exact) mass is 255 g/mol. The summed E-state index contributed by atoms with van der Waals surface area (Å²) in [6.07, 6.45) is 1.66. The van der Waals surface area contributed by atoms with E-state index in [9.17, 15) is 10.1 Å². The average Bonchev–Trinajstić information content (AvgIpc) is 2.41. The fraction of sp³-hybridized carbons (Fsp3) is 0.0714. The zero-order valence-corrected chi connectivity index (χ0v) is 10.4. The number of nitro groups is 1. The smallest absolute Gasteiger partial charge is 0.271 e. The molecule has 0 unspecified atom stereocenters. The molecule has 2 aromatic carbocycles. The molecule has 0 aliphatic heterocycles. The highest BCUT2D eigenvalue weighted by molar-refractivity contribution is 5.80. The second-order valence-corrected chi connectivity index (χ2v) is 4.09. The van der Waals surface area contributed by atoms with Gasteiger partial charge in [0.1, 0.15) is 0 Å². The molecule has 1 N–H and O–H groups in total. The van der Waals surface area contributed by atoms with Crippen molar-refractivity contribution in [1.29, 1.82) is 0 Å². The largest absolute Gasteiger partial charge is 0.278 e. The van der Waals surface area contributed by atoms with Crippen molar-refractivity contribution >= 4 is 17.6 Å². The highest BCUT2D eigenvalue weighted by Crippen LogP contribution is 2.16. The van der Waals surface area contributed by atoms with E-state index in [1.165, 1.54) is 17.7 Å². The fourth-order valence-electron chi connectivity index (χ4n) is 1.52. The Morgan fingerprint density at radius 1 is 1.21 bits per heavy atom. The SMILES string of the molecule is Cc1ccc(C=NNc2cccc([N+](=O)[O-])c2)cc1. The van der Waals surface area contributed by atoms with Crippen molar-refractivity contribution in [2.24, 2.45) is 5.10 Å². The van der Waals surface area contributed by atoms with Gasteiger partial charge in [-0.05, 0) is 18.6 Å². The maximum Gasteiger partial charge on any atom is 0.271 e. The van der Waals surface area contributed by atoms with Crippen LogP contribution in [0.15, 0.2) is 53.6 Å². The predicted octanol–water partition coefficient (Wildman–Crippen LogP) is 3.35. The number of benzene rings is 2. The van der Waals surface area contributed by atoms with Crippen LogP contribution in [0.25, 0.3) is 0 Å². The van der Waals surface area contributed by atoms with Gasteiger partial charge in [-0.3, -0.25) is 15.5 Å². The Morgan fingerprint density at radius 3 is 2.63 bits per heavy atom. The first kappa shape index (κ1) is 12.8. The van der Waals surface area contributed by atoms with E-state index in [4.69, 9.17) is 0 Å². The maximum absolute atomic E-state index is 10.6. The normalized spacial score (nSPS) is 10.6. The topological polar surface area (TPSA) is 67.5 Å². The molecule has 0 atom stereocenters. The number of aryl methyl sites for hydroxylation is 1. The molecule has 0 spiro atoms. The van der Waals surface area contributed by atoms with Gasteiger partial charge in [-0.15, -0.1) is 0 Å². The molecule has 0 radical (unpaired) electrons. The molecule has 0 bridgehead atoms. The summed E-state index contributed by atoms with van der Waals surface area (Å²) in [5.41, 5.74) is 5.53. The Bertz CT molecular complexity index is 606. The lowest BCUT2D eigenvalue weighted by atomic mass is 10.2. The van der Waals surface area contributed by atoms with Gasteiger partial charge < -0.3 is 0 Å². The number of anilines is 1. The van der Waals surface area contributed by atoms with E-state index in [1.54, 1.807) is 18.3 Å². The molecule has 0 amide bonds. The van der Waals surface area contributed by atoms with E-state index in [-0.39, 0.29) is 5.69 Å². The van der Waals surface area contributed by atoms with Crippen LogP contribution in [-0.2, 0) is 0 Å². The summed E-state index contributed by atoms with van der Waals surface area (Å²) >= 11 is 0. The number of rotatable bonds is 4. The summed E-state index contributed by atoms with van der Waals surface area (Å²) in [7, 11) is 0. The predicted molar refractivity (Wildman–Crippen MR) is 75.5 cm³/mol. The van der Waals surface area contributed by atoms with Crippen molar-refractivity contribution < 1.29 is 4.92 Å². The van der Waals surface area contributed by atoms with Crippen molar-refractivity contribution in [2.45, 2.75) is 6.92 Å². The Labute approximate surface area is 110 Å². The second-order valence-electron chi connectivity index (χ2n) is 4.09. The Morgan fingerprint density at radius 2 is 1.95 bits per heavy atom. The molecule has 0 fully saturated rings. The molecule has 5 nitrogen and oxygen atoms in total. The number of nitrogens with one attached hydrogen (secondary N) is 1. The third-order valence-corrected chi connectivity index (χ3v) is 2.54. The average molecular weight is 255 g/mol. The van der Waals surface area contributed by atoms with E-state index in [0.717, 1.165) is 5.56 Å². The molecule has 0 saturated carbocycles. The molecule has 0 saturated heterocycles. The number of nitrogens with zero attached hydrogens (tertiary/aromatic N) is 2. The summed E-state index contributed by atoms with van der Waals surface area (Å²) in [6, 6.07) is 14.1. The van der Waals surface area contributed by atoms with Gasteiger partial charge in [0, 0.05) is 12.1 Å². The molecule has 0 aromatic heterocycles. The van der Waals surface area contributed by atoms with Crippen molar-refractivity contribution in [3.05, 3.63) is 69.8 Å². The summed E-state index contributed by atoms with van der Waals surface area (Å²) < 4.78 is 0. The van der Waals surface area contributed by atoms with Crippen molar-refractivity contribution in [1.82, 2.24) is 0 Å². The van der Waals surface area contributed by atoms with Crippen LogP contribution in [0.1, 0.15) is 11.1 Å². The lowest BCUT2D eigenvalue weighted by molar-refractivity contribution is -0.384. The number of hydrogen-bond acceptors (Lipinski definition) is 4. The van der Waals surface area contributed by atoms with Crippen molar-refractivity contribution in [3.8, 4) is 0 Å². The van der Waals surface area contributed by atoms with Crippen molar-refractivity contribution in [2.75, 3.05) is 5.43 Å². The van der Waals surface area contributed by atoms with Crippen LogP contribution in [0, 0.1) is 17.0 Å². The fourth-order valence-corrected chi connectivity index (χ4v) is 1.52. The minimum atomic E-state index is -0.436. The van der Waals surface area contributed by atoms with Gasteiger partial charge in [-0.1, -0.05) is 35.9 Å². The van der Waals surface area contributed by atoms with Crippen LogP contribution >= 0.6 is 0 Å². The van der Waals surface area contributed by atoms with Gasteiger partial charge in [0.25, 0.3) is 5.69 Å². The van der Waals surface area contributed by atoms with Crippen LogP contribution < -0.4 is 5.43 Å². The van der Waals surface area contributed by atoms with Crippen LogP contribution in [0.5, 0.6) is 0 Å². The number of hydrogen-bond donors (Lipinski definition) is 1. The first-order chi connectivity index (χ1) is 9.15.